The highest BCUT2D eigenvalue weighted by atomic mass is 19.1. The third kappa shape index (κ3) is 3.32. The molecule has 1 atom stereocenters. The van der Waals surface area contributed by atoms with E-state index in [0.29, 0.717) is 11.6 Å². The normalized spacial score (nSPS) is 19.6. The van der Waals surface area contributed by atoms with Crippen LogP contribution in [0.25, 0.3) is 0 Å². The zero-order chi connectivity index (χ0) is 13.8. The minimum Gasteiger partial charge on any atom is -0.340 e. The Morgan fingerprint density at radius 1 is 1.42 bits per heavy atom. The zero-order valence-corrected chi connectivity index (χ0v) is 11.6. The van der Waals surface area contributed by atoms with Crippen LogP contribution in [-0.2, 0) is 0 Å². The summed E-state index contributed by atoms with van der Waals surface area (Å²) in [5.41, 5.74) is 0.546. The highest BCUT2D eigenvalue weighted by Crippen LogP contribution is 2.18. The first-order chi connectivity index (χ1) is 9.11. The van der Waals surface area contributed by atoms with Crippen molar-refractivity contribution in [2.24, 2.45) is 0 Å². The molecule has 1 amide bonds. The van der Waals surface area contributed by atoms with Crippen molar-refractivity contribution in [3.05, 3.63) is 35.6 Å². The van der Waals surface area contributed by atoms with Gasteiger partial charge in [-0.15, -0.1) is 0 Å². The van der Waals surface area contributed by atoms with Crippen molar-refractivity contribution in [3.63, 3.8) is 0 Å². The third-order valence-corrected chi connectivity index (χ3v) is 3.83. The Morgan fingerprint density at radius 2 is 2.11 bits per heavy atom. The summed E-state index contributed by atoms with van der Waals surface area (Å²) in [5.74, 6) is -0.352. The number of benzene rings is 1. The average Bonchev–Trinajstić information content (AvgIpc) is 2.86. The largest absolute Gasteiger partial charge is 0.340 e. The number of halogens is 1. The molecule has 3 nitrogen and oxygen atoms in total. The van der Waals surface area contributed by atoms with E-state index in [9.17, 15) is 9.18 Å². The van der Waals surface area contributed by atoms with Crippen molar-refractivity contribution in [3.8, 4) is 0 Å². The number of amides is 1. The summed E-state index contributed by atoms with van der Waals surface area (Å²) in [6, 6.07) is 6.20. The number of nitrogens with zero attached hydrogens (tertiary/aromatic N) is 2. The average molecular weight is 264 g/mol. The van der Waals surface area contributed by atoms with Gasteiger partial charge in [0.1, 0.15) is 5.82 Å². The van der Waals surface area contributed by atoms with Gasteiger partial charge in [0.25, 0.3) is 5.91 Å². The van der Waals surface area contributed by atoms with Crippen LogP contribution in [-0.4, -0.2) is 48.4 Å². The van der Waals surface area contributed by atoms with E-state index in [4.69, 9.17) is 0 Å². The van der Waals surface area contributed by atoms with Crippen LogP contribution in [0.1, 0.15) is 30.1 Å². The molecular formula is C15H21FN2O. The molecule has 0 aromatic heterocycles. The van der Waals surface area contributed by atoms with Crippen LogP contribution >= 0.6 is 0 Å². The lowest BCUT2D eigenvalue weighted by Gasteiger charge is -2.27. The smallest absolute Gasteiger partial charge is 0.253 e. The molecule has 1 fully saturated rings. The SMILES string of the molecule is CCN1CCCC1CN(C)C(=O)c1ccc(F)cc1. The van der Waals surface area contributed by atoms with Gasteiger partial charge in [-0.3, -0.25) is 9.69 Å². The second-order valence-corrected chi connectivity index (χ2v) is 5.12. The van der Waals surface area contributed by atoms with E-state index in [1.807, 2.05) is 7.05 Å². The highest BCUT2D eigenvalue weighted by Gasteiger charge is 2.25. The predicted octanol–water partition coefficient (Wildman–Crippen LogP) is 2.38. The number of carbonyl (C=O) groups is 1. The quantitative estimate of drug-likeness (QED) is 0.833. The van der Waals surface area contributed by atoms with E-state index in [2.05, 4.69) is 11.8 Å². The molecule has 2 rings (SSSR count). The van der Waals surface area contributed by atoms with Crippen LogP contribution in [0.3, 0.4) is 0 Å². The lowest BCUT2D eigenvalue weighted by molar-refractivity contribution is 0.0754. The summed E-state index contributed by atoms with van der Waals surface area (Å²) >= 11 is 0. The zero-order valence-electron chi connectivity index (χ0n) is 11.6. The molecule has 19 heavy (non-hydrogen) atoms. The van der Waals surface area contributed by atoms with Crippen LogP contribution in [0, 0.1) is 5.82 Å². The molecule has 0 N–H and O–H groups in total. The molecule has 1 heterocycles. The lowest BCUT2D eigenvalue weighted by atomic mass is 10.1. The molecule has 1 aromatic rings. The highest BCUT2D eigenvalue weighted by molar-refractivity contribution is 5.94. The van der Waals surface area contributed by atoms with Crippen LogP contribution in [0.4, 0.5) is 4.39 Å². The van der Waals surface area contributed by atoms with Gasteiger partial charge in [0, 0.05) is 25.2 Å². The van der Waals surface area contributed by atoms with E-state index in [-0.39, 0.29) is 11.7 Å². The maximum absolute atomic E-state index is 12.8. The molecule has 0 bridgehead atoms. The first-order valence-corrected chi connectivity index (χ1v) is 6.87. The van der Waals surface area contributed by atoms with Gasteiger partial charge in [-0.05, 0) is 50.2 Å². The minimum absolute atomic E-state index is 0.0389. The van der Waals surface area contributed by atoms with Gasteiger partial charge in [0.05, 0.1) is 0 Å². The number of hydrogen-bond acceptors (Lipinski definition) is 2. The summed E-state index contributed by atoms with van der Waals surface area (Å²) in [4.78, 5) is 16.4. The summed E-state index contributed by atoms with van der Waals surface area (Å²) in [7, 11) is 1.82. The molecule has 0 radical (unpaired) electrons. The fourth-order valence-corrected chi connectivity index (χ4v) is 2.73. The van der Waals surface area contributed by atoms with Crippen molar-refractivity contribution in [1.82, 2.24) is 9.80 Å². The summed E-state index contributed by atoms with van der Waals surface area (Å²) < 4.78 is 12.8. The Hall–Kier alpha value is -1.42. The van der Waals surface area contributed by atoms with E-state index in [1.54, 1.807) is 17.0 Å². The molecule has 4 heteroatoms. The predicted molar refractivity (Wildman–Crippen MR) is 73.6 cm³/mol. The lowest BCUT2D eigenvalue weighted by Crippen LogP contribution is -2.41. The molecule has 1 aromatic carbocycles. The van der Waals surface area contributed by atoms with Gasteiger partial charge < -0.3 is 4.90 Å². The Kier molecular flexibility index (Phi) is 4.53. The van der Waals surface area contributed by atoms with E-state index in [1.165, 1.54) is 18.6 Å². The topological polar surface area (TPSA) is 23.6 Å². The summed E-state index contributed by atoms with van der Waals surface area (Å²) in [6.45, 7) is 5.05. The maximum Gasteiger partial charge on any atom is 0.253 e. The maximum atomic E-state index is 12.8. The van der Waals surface area contributed by atoms with Gasteiger partial charge >= 0.3 is 0 Å². The monoisotopic (exact) mass is 264 g/mol. The third-order valence-electron chi connectivity index (χ3n) is 3.83. The van der Waals surface area contributed by atoms with Crippen LogP contribution < -0.4 is 0 Å². The molecule has 1 unspecified atom stereocenters. The van der Waals surface area contributed by atoms with Crippen LogP contribution in [0.15, 0.2) is 24.3 Å². The number of rotatable bonds is 4. The molecule has 104 valence electrons. The molecule has 1 aliphatic rings. The fourth-order valence-electron chi connectivity index (χ4n) is 2.73. The summed E-state index contributed by atoms with van der Waals surface area (Å²) in [6.07, 6.45) is 2.35. The van der Waals surface area contributed by atoms with Gasteiger partial charge in [-0.25, -0.2) is 4.39 Å². The standard InChI is InChI=1S/C15H21FN2O/c1-3-18-10-4-5-14(18)11-17(2)15(19)12-6-8-13(16)9-7-12/h6-9,14H,3-5,10-11H2,1-2H3. The van der Waals surface area contributed by atoms with Gasteiger partial charge in [-0.2, -0.15) is 0 Å². The van der Waals surface area contributed by atoms with Crippen molar-refractivity contribution in [1.29, 1.82) is 0 Å². The first-order valence-electron chi connectivity index (χ1n) is 6.87. The number of likely N-dealkylation sites (N-methyl/N-ethyl adjacent to an activating group) is 2. The molecule has 1 saturated heterocycles. The molecule has 0 aliphatic carbocycles. The minimum atomic E-state index is -0.313. The molecule has 1 aliphatic heterocycles. The van der Waals surface area contributed by atoms with E-state index in [0.717, 1.165) is 26.1 Å². The van der Waals surface area contributed by atoms with Crippen molar-refractivity contribution >= 4 is 5.91 Å². The van der Waals surface area contributed by atoms with Crippen LogP contribution in [0.5, 0.6) is 0 Å². The number of carbonyl (C=O) groups excluding carboxylic acids is 1. The summed E-state index contributed by atoms with van der Waals surface area (Å²) in [5, 5.41) is 0. The van der Waals surface area contributed by atoms with Crippen molar-refractivity contribution < 1.29 is 9.18 Å². The van der Waals surface area contributed by atoms with Crippen molar-refractivity contribution in [2.45, 2.75) is 25.8 Å². The van der Waals surface area contributed by atoms with Gasteiger partial charge in [0.2, 0.25) is 0 Å². The fraction of sp³-hybridized carbons (Fsp3) is 0.533. The molecule has 0 spiro atoms. The van der Waals surface area contributed by atoms with E-state index < -0.39 is 0 Å². The first kappa shape index (κ1) is 14.0. The Bertz CT molecular complexity index is 432. The molecular weight excluding hydrogens is 243 g/mol. The molecule has 0 saturated carbocycles. The number of likely N-dealkylation sites (tertiary alicyclic amines) is 1. The number of hydrogen-bond donors (Lipinski definition) is 0. The van der Waals surface area contributed by atoms with Gasteiger partial charge in [0.15, 0.2) is 0 Å². The Morgan fingerprint density at radius 3 is 2.74 bits per heavy atom. The Balaban J connectivity index is 1.97. The second-order valence-electron chi connectivity index (χ2n) is 5.12. The van der Waals surface area contributed by atoms with Crippen LogP contribution in [0.2, 0.25) is 0 Å². The second kappa shape index (κ2) is 6.15. The Labute approximate surface area is 114 Å². The van der Waals surface area contributed by atoms with Crippen molar-refractivity contribution in [2.75, 3.05) is 26.7 Å². The van der Waals surface area contributed by atoms with Gasteiger partial charge in [-0.1, -0.05) is 6.92 Å². The van der Waals surface area contributed by atoms with E-state index >= 15 is 0 Å².